The summed E-state index contributed by atoms with van der Waals surface area (Å²) >= 11 is 5.88. The van der Waals surface area contributed by atoms with Crippen molar-refractivity contribution in [3.8, 4) is 23.6 Å². The highest BCUT2D eigenvalue weighted by molar-refractivity contribution is 6.31. The highest BCUT2D eigenvalue weighted by Gasteiger charge is 2.25. The molecule has 1 aromatic carbocycles. The number of methoxy groups -OCH3 is 2. The fraction of sp³-hybridized carbons (Fsp3) is 0.125. The molecule has 0 unspecified atom stereocenters. The third kappa shape index (κ3) is 2.81. The molecule has 0 saturated heterocycles. The van der Waals surface area contributed by atoms with Gasteiger partial charge in [0.15, 0.2) is 17.3 Å². The van der Waals surface area contributed by atoms with E-state index in [1.54, 1.807) is 12.1 Å². The number of hydrogen-bond donors (Lipinski definition) is 1. The van der Waals surface area contributed by atoms with E-state index in [0.29, 0.717) is 11.5 Å². The number of anilines is 1. The lowest BCUT2D eigenvalue weighted by Crippen LogP contribution is -2.11. The second kappa shape index (κ2) is 6.86. The Labute approximate surface area is 142 Å². The Morgan fingerprint density at radius 1 is 1.17 bits per heavy atom. The summed E-state index contributed by atoms with van der Waals surface area (Å²) in [4.78, 5) is 16.6. The summed E-state index contributed by atoms with van der Waals surface area (Å²) in [6, 6.07) is 8.04. The fourth-order valence-corrected chi connectivity index (χ4v) is 2.37. The molecule has 2 N–H and O–H groups in total. The summed E-state index contributed by atoms with van der Waals surface area (Å²) in [6.45, 7) is 0. The molecule has 120 valence electrons. The van der Waals surface area contributed by atoms with Crippen LogP contribution < -0.4 is 15.2 Å². The second-order valence-electron chi connectivity index (χ2n) is 4.54. The van der Waals surface area contributed by atoms with Gasteiger partial charge in [0, 0.05) is 5.56 Å². The smallest absolute Gasteiger partial charge is 0.196 e. The van der Waals surface area contributed by atoms with Crippen molar-refractivity contribution in [2.45, 2.75) is 0 Å². The summed E-state index contributed by atoms with van der Waals surface area (Å²) in [5.41, 5.74) is 5.24. The maximum atomic E-state index is 12.8. The molecule has 8 heteroatoms. The number of benzene rings is 1. The first-order valence-corrected chi connectivity index (χ1v) is 6.92. The molecule has 24 heavy (non-hydrogen) atoms. The van der Waals surface area contributed by atoms with E-state index >= 15 is 0 Å². The van der Waals surface area contributed by atoms with Crippen LogP contribution in [-0.4, -0.2) is 25.0 Å². The molecule has 0 amide bonds. The maximum absolute atomic E-state index is 12.8. The zero-order valence-electron chi connectivity index (χ0n) is 12.8. The van der Waals surface area contributed by atoms with Gasteiger partial charge in [-0.25, -0.2) is 4.98 Å². The van der Waals surface area contributed by atoms with Crippen LogP contribution in [0.3, 0.4) is 0 Å². The molecular weight excluding hydrogens is 332 g/mol. The molecule has 0 aliphatic rings. The number of nitrogen functional groups attached to an aromatic ring is 1. The SMILES string of the molecule is COc1ccc(C(=O)c2c(C#N)c(N)nc(Cl)c2C#N)cc1OC. The number of rotatable bonds is 4. The second-order valence-corrected chi connectivity index (χ2v) is 4.89. The number of pyridine rings is 1. The number of nitrogens with zero attached hydrogens (tertiary/aromatic N) is 3. The van der Waals surface area contributed by atoms with Crippen LogP contribution >= 0.6 is 11.6 Å². The van der Waals surface area contributed by atoms with Crippen LogP contribution in [0.1, 0.15) is 27.0 Å². The van der Waals surface area contributed by atoms with Crippen molar-refractivity contribution in [1.82, 2.24) is 4.98 Å². The van der Waals surface area contributed by atoms with E-state index in [2.05, 4.69) is 4.98 Å². The van der Waals surface area contributed by atoms with Crippen LogP contribution in [0.25, 0.3) is 0 Å². The van der Waals surface area contributed by atoms with Gasteiger partial charge in [-0.1, -0.05) is 11.6 Å². The Morgan fingerprint density at radius 3 is 2.33 bits per heavy atom. The molecular formula is C16H11ClN4O3. The topological polar surface area (TPSA) is 122 Å². The molecule has 0 aliphatic heterocycles. The Bertz CT molecular complexity index is 875. The zero-order valence-corrected chi connectivity index (χ0v) is 13.5. The number of halogens is 1. The Morgan fingerprint density at radius 2 is 1.79 bits per heavy atom. The van der Waals surface area contributed by atoms with E-state index in [-0.39, 0.29) is 33.2 Å². The molecule has 0 saturated carbocycles. The molecule has 2 rings (SSSR count). The van der Waals surface area contributed by atoms with Crippen molar-refractivity contribution in [2.24, 2.45) is 0 Å². The van der Waals surface area contributed by atoms with Crippen molar-refractivity contribution < 1.29 is 14.3 Å². The first kappa shape index (κ1) is 17.1. The van der Waals surface area contributed by atoms with Gasteiger partial charge in [-0.3, -0.25) is 4.79 Å². The van der Waals surface area contributed by atoms with E-state index in [0.717, 1.165) is 0 Å². The van der Waals surface area contributed by atoms with Gasteiger partial charge >= 0.3 is 0 Å². The van der Waals surface area contributed by atoms with Gasteiger partial charge in [0.1, 0.15) is 34.2 Å². The average molecular weight is 343 g/mol. The number of hydrogen-bond acceptors (Lipinski definition) is 7. The molecule has 2 aromatic rings. The minimum Gasteiger partial charge on any atom is -0.493 e. The third-order valence-electron chi connectivity index (χ3n) is 3.28. The number of carbonyl (C=O) groups is 1. The molecule has 1 aromatic heterocycles. The molecule has 1 heterocycles. The number of nitrogens with two attached hydrogens (primary N) is 1. The van der Waals surface area contributed by atoms with E-state index in [1.165, 1.54) is 32.4 Å². The Balaban J connectivity index is 2.71. The van der Waals surface area contributed by atoms with Crippen LogP contribution in [0.5, 0.6) is 11.5 Å². The van der Waals surface area contributed by atoms with Crippen LogP contribution in [0.2, 0.25) is 5.15 Å². The molecule has 0 bridgehead atoms. The van der Waals surface area contributed by atoms with Crippen molar-refractivity contribution >= 4 is 23.2 Å². The van der Waals surface area contributed by atoms with Gasteiger partial charge in [-0.2, -0.15) is 10.5 Å². The Hall–Kier alpha value is -3.29. The van der Waals surface area contributed by atoms with Crippen LogP contribution in [0.4, 0.5) is 5.82 Å². The van der Waals surface area contributed by atoms with Gasteiger partial charge < -0.3 is 15.2 Å². The van der Waals surface area contributed by atoms with Gasteiger partial charge in [0.2, 0.25) is 0 Å². The van der Waals surface area contributed by atoms with Gasteiger partial charge in [-0.05, 0) is 18.2 Å². The van der Waals surface area contributed by atoms with Crippen LogP contribution in [0, 0.1) is 22.7 Å². The van der Waals surface area contributed by atoms with Crippen molar-refractivity contribution in [1.29, 1.82) is 10.5 Å². The standard InChI is InChI=1S/C16H11ClN4O3/c1-23-11-4-3-8(5-12(11)24-2)14(22)13-9(6-18)15(17)21-16(20)10(13)7-19/h3-5H,1-2H3,(H2,20,21). The molecule has 0 atom stereocenters. The minimum absolute atomic E-state index is 0.183. The van der Waals surface area contributed by atoms with E-state index in [9.17, 15) is 15.3 Å². The van der Waals surface area contributed by atoms with Gasteiger partial charge in [0.05, 0.1) is 19.8 Å². The largest absolute Gasteiger partial charge is 0.493 e. The van der Waals surface area contributed by atoms with E-state index in [1.807, 2.05) is 0 Å². The van der Waals surface area contributed by atoms with Crippen LogP contribution in [0.15, 0.2) is 18.2 Å². The fourth-order valence-electron chi connectivity index (χ4n) is 2.14. The molecule has 0 spiro atoms. The summed E-state index contributed by atoms with van der Waals surface area (Å²) < 4.78 is 10.3. The maximum Gasteiger partial charge on any atom is 0.196 e. The lowest BCUT2D eigenvalue weighted by Gasteiger charge is -2.11. The molecule has 7 nitrogen and oxygen atoms in total. The molecule has 0 aliphatic carbocycles. The number of ether oxygens (including phenoxy) is 2. The molecule has 0 fully saturated rings. The highest BCUT2D eigenvalue weighted by Crippen LogP contribution is 2.31. The quantitative estimate of drug-likeness (QED) is 0.668. The first-order chi connectivity index (χ1) is 11.5. The number of carbonyl (C=O) groups excluding carboxylic acids is 1. The highest BCUT2D eigenvalue weighted by atomic mass is 35.5. The predicted molar refractivity (Wildman–Crippen MR) is 86.1 cm³/mol. The Kier molecular flexibility index (Phi) is 4.88. The lowest BCUT2D eigenvalue weighted by atomic mass is 9.95. The van der Waals surface area contributed by atoms with Gasteiger partial charge in [-0.15, -0.1) is 0 Å². The molecule has 0 radical (unpaired) electrons. The summed E-state index contributed by atoms with van der Waals surface area (Å²) in [6.07, 6.45) is 0. The van der Waals surface area contributed by atoms with E-state index in [4.69, 9.17) is 26.8 Å². The summed E-state index contributed by atoms with van der Waals surface area (Å²) in [5.74, 6) is -0.0544. The van der Waals surface area contributed by atoms with Crippen LogP contribution in [-0.2, 0) is 0 Å². The van der Waals surface area contributed by atoms with Crippen molar-refractivity contribution in [3.63, 3.8) is 0 Å². The minimum atomic E-state index is -0.597. The predicted octanol–water partition coefficient (Wildman–Crippen LogP) is 2.31. The number of ketones is 1. The van der Waals surface area contributed by atoms with Crippen molar-refractivity contribution in [3.05, 3.63) is 45.6 Å². The van der Waals surface area contributed by atoms with E-state index < -0.39 is 5.78 Å². The average Bonchev–Trinajstić information content (AvgIpc) is 2.59. The third-order valence-corrected chi connectivity index (χ3v) is 3.55. The number of aromatic nitrogens is 1. The first-order valence-electron chi connectivity index (χ1n) is 6.54. The normalized spacial score (nSPS) is 9.71. The monoisotopic (exact) mass is 342 g/mol. The lowest BCUT2D eigenvalue weighted by molar-refractivity contribution is 0.103. The number of nitriles is 2. The van der Waals surface area contributed by atoms with Gasteiger partial charge in [0.25, 0.3) is 0 Å². The summed E-state index contributed by atoms with van der Waals surface area (Å²) in [7, 11) is 2.89. The van der Waals surface area contributed by atoms with Crippen molar-refractivity contribution in [2.75, 3.05) is 20.0 Å². The summed E-state index contributed by atoms with van der Waals surface area (Å²) in [5, 5.41) is 18.3. The zero-order chi connectivity index (χ0) is 17.9.